The Kier molecular flexibility index (Phi) is 7.67. The minimum Gasteiger partial charge on any atom is -0.380 e. The summed E-state index contributed by atoms with van der Waals surface area (Å²) >= 11 is 0. The van der Waals surface area contributed by atoms with E-state index in [2.05, 4.69) is 34.1 Å². The third kappa shape index (κ3) is 6.08. The van der Waals surface area contributed by atoms with Crippen molar-refractivity contribution < 1.29 is 14.3 Å². The summed E-state index contributed by atoms with van der Waals surface area (Å²) in [4.78, 5) is 24.3. The SMILES string of the molecule is COCc1ccc(C2CCC2)c(CNC(=O)N/C(Nc2ccccc2)=C(\C)C(N)=O)c1. The van der Waals surface area contributed by atoms with Gasteiger partial charge in [-0.15, -0.1) is 0 Å². The van der Waals surface area contributed by atoms with E-state index in [0.29, 0.717) is 19.1 Å². The van der Waals surface area contributed by atoms with Crippen LogP contribution in [0.25, 0.3) is 0 Å². The van der Waals surface area contributed by atoms with Gasteiger partial charge in [-0.05, 0) is 54.5 Å². The molecule has 0 bridgehead atoms. The molecule has 1 saturated carbocycles. The average molecular weight is 423 g/mol. The summed E-state index contributed by atoms with van der Waals surface area (Å²) < 4.78 is 5.25. The maximum atomic E-state index is 12.6. The summed E-state index contributed by atoms with van der Waals surface area (Å²) in [5, 5.41) is 8.68. The quantitative estimate of drug-likeness (QED) is 0.462. The molecule has 0 atom stereocenters. The van der Waals surface area contributed by atoms with E-state index in [4.69, 9.17) is 10.5 Å². The molecule has 7 heteroatoms. The number of urea groups is 1. The van der Waals surface area contributed by atoms with Gasteiger partial charge in [-0.25, -0.2) is 4.79 Å². The van der Waals surface area contributed by atoms with Crippen LogP contribution in [-0.4, -0.2) is 19.0 Å². The highest BCUT2D eigenvalue weighted by Gasteiger charge is 2.22. The second kappa shape index (κ2) is 10.6. The Morgan fingerprint density at radius 3 is 2.48 bits per heavy atom. The maximum Gasteiger partial charge on any atom is 0.320 e. The van der Waals surface area contributed by atoms with E-state index in [-0.39, 0.29) is 11.4 Å². The molecular weight excluding hydrogens is 392 g/mol. The van der Waals surface area contributed by atoms with Gasteiger partial charge < -0.3 is 21.1 Å². The fraction of sp³-hybridized carbons (Fsp3) is 0.333. The van der Waals surface area contributed by atoms with Crippen molar-refractivity contribution in [3.8, 4) is 0 Å². The fourth-order valence-electron chi connectivity index (χ4n) is 3.53. The van der Waals surface area contributed by atoms with Crippen molar-refractivity contribution in [1.29, 1.82) is 0 Å². The molecule has 0 heterocycles. The average Bonchev–Trinajstić information content (AvgIpc) is 2.72. The van der Waals surface area contributed by atoms with Gasteiger partial charge in [0, 0.05) is 19.3 Å². The number of anilines is 1. The van der Waals surface area contributed by atoms with Gasteiger partial charge in [-0.1, -0.05) is 42.8 Å². The van der Waals surface area contributed by atoms with E-state index in [0.717, 1.165) is 16.8 Å². The molecule has 1 aliphatic carbocycles. The molecule has 0 radical (unpaired) electrons. The van der Waals surface area contributed by atoms with Crippen LogP contribution in [-0.2, 0) is 22.7 Å². The van der Waals surface area contributed by atoms with Crippen LogP contribution < -0.4 is 21.7 Å². The molecule has 3 rings (SSSR count). The minimum atomic E-state index is -0.613. The van der Waals surface area contributed by atoms with Gasteiger partial charge in [0.05, 0.1) is 12.2 Å². The number of nitrogens with two attached hydrogens (primary N) is 1. The topological polar surface area (TPSA) is 105 Å². The summed E-state index contributed by atoms with van der Waals surface area (Å²) in [6.07, 6.45) is 3.59. The van der Waals surface area contributed by atoms with E-state index in [1.165, 1.54) is 24.8 Å². The van der Waals surface area contributed by atoms with E-state index in [9.17, 15) is 9.59 Å². The minimum absolute atomic E-state index is 0.233. The van der Waals surface area contributed by atoms with Crippen LogP contribution in [0.3, 0.4) is 0 Å². The monoisotopic (exact) mass is 422 g/mol. The van der Waals surface area contributed by atoms with Gasteiger partial charge in [0.25, 0.3) is 0 Å². The van der Waals surface area contributed by atoms with Crippen LogP contribution in [0.2, 0.25) is 0 Å². The number of benzene rings is 2. The third-order valence-corrected chi connectivity index (χ3v) is 5.53. The standard InChI is InChI=1S/C24H30N4O3/c1-16(22(25)29)23(27-20-9-4-3-5-10-20)28-24(30)26-14-19-13-17(15-31-2)11-12-21(19)18-7-6-8-18/h3-5,9-13,18,27H,6-8,14-15H2,1-2H3,(H2,25,29)(H2,26,28,30)/b23-16+. The Bertz CT molecular complexity index is 953. The smallest absolute Gasteiger partial charge is 0.320 e. The number of carbonyl (C=O) groups excluding carboxylic acids is 2. The first-order valence-corrected chi connectivity index (χ1v) is 10.5. The number of hydrogen-bond donors (Lipinski definition) is 4. The number of para-hydroxylation sites is 1. The van der Waals surface area contributed by atoms with Crippen molar-refractivity contribution >= 4 is 17.6 Å². The summed E-state index contributed by atoms with van der Waals surface area (Å²) in [5.41, 5.74) is 9.83. The molecule has 7 nitrogen and oxygen atoms in total. The predicted octanol–water partition coefficient (Wildman–Crippen LogP) is 3.73. The van der Waals surface area contributed by atoms with Crippen molar-refractivity contribution in [1.82, 2.24) is 10.6 Å². The van der Waals surface area contributed by atoms with Crippen LogP contribution in [0.4, 0.5) is 10.5 Å². The molecule has 0 aliphatic heterocycles. The predicted molar refractivity (Wildman–Crippen MR) is 121 cm³/mol. The number of rotatable bonds is 9. The molecule has 0 aromatic heterocycles. The zero-order valence-corrected chi connectivity index (χ0v) is 18.0. The Morgan fingerprint density at radius 2 is 1.87 bits per heavy atom. The number of primary amides is 1. The molecule has 5 N–H and O–H groups in total. The van der Waals surface area contributed by atoms with Crippen molar-refractivity contribution in [3.63, 3.8) is 0 Å². The molecule has 1 aliphatic rings. The highest BCUT2D eigenvalue weighted by Crippen LogP contribution is 2.38. The number of methoxy groups -OCH3 is 1. The van der Waals surface area contributed by atoms with Crippen molar-refractivity contribution in [2.24, 2.45) is 5.73 Å². The van der Waals surface area contributed by atoms with Gasteiger partial charge >= 0.3 is 6.03 Å². The molecule has 31 heavy (non-hydrogen) atoms. The second-order valence-corrected chi connectivity index (χ2v) is 7.76. The lowest BCUT2D eigenvalue weighted by molar-refractivity contribution is -0.114. The largest absolute Gasteiger partial charge is 0.380 e. The Balaban J connectivity index is 1.70. The van der Waals surface area contributed by atoms with Gasteiger partial charge in [0.1, 0.15) is 5.82 Å². The molecule has 164 valence electrons. The number of amides is 3. The molecule has 2 aromatic carbocycles. The van der Waals surface area contributed by atoms with Crippen molar-refractivity contribution in [3.05, 3.63) is 76.6 Å². The molecule has 0 saturated heterocycles. The summed E-state index contributed by atoms with van der Waals surface area (Å²) in [5.74, 6) is 0.186. The lowest BCUT2D eigenvalue weighted by atomic mass is 9.78. The highest BCUT2D eigenvalue weighted by molar-refractivity contribution is 5.93. The first kappa shape index (κ1) is 22.4. The van der Waals surface area contributed by atoms with E-state index >= 15 is 0 Å². The van der Waals surface area contributed by atoms with E-state index in [1.807, 2.05) is 30.3 Å². The van der Waals surface area contributed by atoms with Crippen molar-refractivity contribution in [2.75, 3.05) is 12.4 Å². The van der Waals surface area contributed by atoms with Gasteiger partial charge in [-0.3, -0.25) is 10.1 Å². The zero-order chi connectivity index (χ0) is 22.2. The zero-order valence-electron chi connectivity index (χ0n) is 18.0. The maximum absolute atomic E-state index is 12.6. The molecule has 1 fully saturated rings. The fourth-order valence-corrected chi connectivity index (χ4v) is 3.53. The number of ether oxygens (including phenoxy) is 1. The van der Waals surface area contributed by atoms with Crippen LogP contribution in [0.15, 0.2) is 59.9 Å². The molecule has 0 spiro atoms. The Morgan fingerprint density at radius 1 is 1.13 bits per heavy atom. The first-order valence-electron chi connectivity index (χ1n) is 10.5. The normalized spacial score (nSPS) is 14.3. The van der Waals surface area contributed by atoms with Gasteiger partial charge in [0.2, 0.25) is 5.91 Å². The van der Waals surface area contributed by atoms with Crippen LogP contribution in [0.5, 0.6) is 0 Å². The Labute approximate surface area is 183 Å². The lowest BCUT2D eigenvalue weighted by Crippen LogP contribution is -2.38. The second-order valence-electron chi connectivity index (χ2n) is 7.76. The summed E-state index contributed by atoms with van der Waals surface area (Å²) in [7, 11) is 1.67. The van der Waals surface area contributed by atoms with E-state index in [1.54, 1.807) is 14.0 Å². The molecular formula is C24H30N4O3. The van der Waals surface area contributed by atoms with E-state index < -0.39 is 11.9 Å². The number of hydrogen-bond acceptors (Lipinski definition) is 4. The van der Waals surface area contributed by atoms with Gasteiger partial charge in [0.15, 0.2) is 0 Å². The summed E-state index contributed by atoms with van der Waals surface area (Å²) in [6, 6.07) is 15.2. The summed E-state index contributed by atoms with van der Waals surface area (Å²) in [6.45, 7) is 2.47. The molecule has 3 amide bonds. The highest BCUT2D eigenvalue weighted by atomic mass is 16.5. The van der Waals surface area contributed by atoms with Gasteiger partial charge in [-0.2, -0.15) is 0 Å². The lowest BCUT2D eigenvalue weighted by Gasteiger charge is -2.28. The Hall–Kier alpha value is -3.32. The molecule has 0 unspecified atom stereocenters. The third-order valence-electron chi connectivity index (χ3n) is 5.53. The molecule has 2 aromatic rings. The van der Waals surface area contributed by atoms with Crippen molar-refractivity contribution in [2.45, 2.75) is 45.3 Å². The van der Waals surface area contributed by atoms with Crippen LogP contribution >= 0.6 is 0 Å². The van der Waals surface area contributed by atoms with Crippen LogP contribution in [0.1, 0.15) is 48.8 Å². The number of nitrogens with one attached hydrogen (secondary N) is 3. The van der Waals surface area contributed by atoms with Crippen LogP contribution in [0, 0.1) is 0 Å². The first-order chi connectivity index (χ1) is 15.0. The number of carbonyl (C=O) groups is 2.